The topological polar surface area (TPSA) is 75.6 Å². The number of anilines is 1. The number of benzene rings is 2. The minimum Gasteiger partial charge on any atom is -0.497 e. The van der Waals surface area contributed by atoms with Crippen LogP contribution in [0.3, 0.4) is 0 Å². The van der Waals surface area contributed by atoms with Crippen LogP contribution in [0.15, 0.2) is 53.4 Å². The van der Waals surface area contributed by atoms with E-state index in [1.807, 2.05) is 0 Å². The number of aliphatic hydroxyl groups is 1. The molecule has 0 fully saturated rings. The molecule has 1 unspecified atom stereocenters. The zero-order valence-electron chi connectivity index (χ0n) is 11.8. The van der Waals surface area contributed by atoms with Crippen molar-refractivity contribution in [2.24, 2.45) is 0 Å². The second kappa shape index (κ2) is 6.15. The van der Waals surface area contributed by atoms with Crippen molar-refractivity contribution in [3.8, 4) is 5.75 Å². The number of para-hydroxylation sites is 1. The minimum atomic E-state index is -3.71. The maximum Gasteiger partial charge on any atom is 0.261 e. The van der Waals surface area contributed by atoms with Crippen LogP contribution in [0.25, 0.3) is 0 Å². The number of ether oxygens (including phenoxy) is 1. The first-order valence-electron chi connectivity index (χ1n) is 6.38. The zero-order chi connectivity index (χ0) is 15.5. The van der Waals surface area contributed by atoms with Crippen molar-refractivity contribution in [2.45, 2.75) is 17.9 Å². The van der Waals surface area contributed by atoms with E-state index in [4.69, 9.17) is 4.74 Å². The molecule has 0 heterocycles. The van der Waals surface area contributed by atoms with E-state index in [9.17, 15) is 13.5 Å². The largest absolute Gasteiger partial charge is 0.497 e. The summed E-state index contributed by atoms with van der Waals surface area (Å²) in [5.41, 5.74) is 0.887. The first-order chi connectivity index (χ1) is 9.94. The summed E-state index contributed by atoms with van der Waals surface area (Å²) in [5, 5.41) is 9.69. The molecule has 6 heteroatoms. The van der Waals surface area contributed by atoms with Crippen LogP contribution in [0.5, 0.6) is 5.75 Å². The molecule has 1 atom stereocenters. The van der Waals surface area contributed by atoms with E-state index < -0.39 is 16.1 Å². The quantitative estimate of drug-likeness (QED) is 0.890. The Hall–Kier alpha value is -2.05. The summed E-state index contributed by atoms with van der Waals surface area (Å²) >= 11 is 0. The molecule has 0 spiro atoms. The molecule has 0 bridgehead atoms. The van der Waals surface area contributed by atoms with Crippen LogP contribution >= 0.6 is 0 Å². The lowest BCUT2D eigenvalue weighted by Gasteiger charge is -2.14. The molecular weight excluding hydrogens is 290 g/mol. The normalized spacial score (nSPS) is 12.7. The van der Waals surface area contributed by atoms with Gasteiger partial charge in [0.05, 0.1) is 23.8 Å². The number of methoxy groups -OCH3 is 1. The molecule has 0 aliphatic rings. The number of rotatable bonds is 5. The lowest BCUT2D eigenvalue weighted by atomic mass is 10.1. The fraction of sp³-hybridized carbons (Fsp3) is 0.200. The van der Waals surface area contributed by atoms with E-state index >= 15 is 0 Å². The van der Waals surface area contributed by atoms with Gasteiger partial charge in [-0.15, -0.1) is 0 Å². The van der Waals surface area contributed by atoms with Crippen molar-refractivity contribution < 1.29 is 18.3 Å². The highest BCUT2D eigenvalue weighted by atomic mass is 32.2. The molecule has 2 aromatic carbocycles. The molecule has 0 aliphatic heterocycles. The average Bonchev–Trinajstić information content (AvgIpc) is 2.47. The molecule has 2 aromatic rings. The zero-order valence-corrected chi connectivity index (χ0v) is 12.6. The number of nitrogens with one attached hydrogen (secondary N) is 1. The summed E-state index contributed by atoms with van der Waals surface area (Å²) in [4.78, 5) is 0.128. The van der Waals surface area contributed by atoms with E-state index in [2.05, 4.69) is 4.72 Å². The van der Waals surface area contributed by atoms with E-state index in [1.54, 1.807) is 43.3 Å². The van der Waals surface area contributed by atoms with Gasteiger partial charge in [0.1, 0.15) is 5.75 Å². The van der Waals surface area contributed by atoms with Gasteiger partial charge in [0.2, 0.25) is 0 Å². The molecule has 0 radical (unpaired) electrons. The Morgan fingerprint density at radius 2 is 1.71 bits per heavy atom. The second-order valence-electron chi connectivity index (χ2n) is 4.54. The van der Waals surface area contributed by atoms with Gasteiger partial charge in [-0.2, -0.15) is 0 Å². The van der Waals surface area contributed by atoms with Gasteiger partial charge in [-0.3, -0.25) is 4.72 Å². The van der Waals surface area contributed by atoms with Gasteiger partial charge in [0.15, 0.2) is 0 Å². The van der Waals surface area contributed by atoms with Crippen molar-refractivity contribution in [3.05, 3.63) is 54.1 Å². The Bertz CT molecular complexity index is 709. The van der Waals surface area contributed by atoms with Crippen LogP contribution in [0.1, 0.15) is 18.6 Å². The Labute approximate surface area is 124 Å². The standard InChI is InChI=1S/C15H17NO4S/c1-11(17)14-5-3-4-6-15(14)16-21(18,19)13-9-7-12(20-2)8-10-13/h3-11,16-17H,1-2H3. The highest BCUT2D eigenvalue weighted by molar-refractivity contribution is 7.92. The van der Waals surface area contributed by atoms with Gasteiger partial charge < -0.3 is 9.84 Å². The van der Waals surface area contributed by atoms with Crippen LogP contribution in [0.4, 0.5) is 5.69 Å². The SMILES string of the molecule is COc1ccc(S(=O)(=O)Nc2ccccc2C(C)O)cc1. The molecule has 0 saturated carbocycles. The molecule has 0 amide bonds. The smallest absolute Gasteiger partial charge is 0.261 e. The lowest BCUT2D eigenvalue weighted by molar-refractivity contribution is 0.200. The fourth-order valence-electron chi connectivity index (χ4n) is 1.91. The molecule has 112 valence electrons. The number of hydrogen-bond donors (Lipinski definition) is 2. The van der Waals surface area contributed by atoms with E-state index in [-0.39, 0.29) is 4.90 Å². The third-order valence-corrected chi connectivity index (χ3v) is 4.41. The first-order valence-corrected chi connectivity index (χ1v) is 7.86. The molecule has 2 N–H and O–H groups in total. The van der Waals surface area contributed by atoms with Crippen molar-refractivity contribution in [1.82, 2.24) is 0 Å². The summed E-state index contributed by atoms with van der Waals surface area (Å²) in [6, 6.07) is 12.8. The van der Waals surface area contributed by atoms with Crippen LogP contribution in [0, 0.1) is 0 Å². The third-order valence-electron chi connectivity index (χ3n) is 3.02. The van der Waals surface area contributed by atoms with E-state index in [0.717, 1.165) is 0 Å². The minimum absolute atomic E-state index is 0.128. The molecule has 21 heavy (non-hydrogen) atoms. The van der Waals surface area contributed by atoms with Crippen LogP contribution in [-0.4, -0.2) is 20.6 Å². The Morgan fingerprint density at radius 1 is 1.10 bits per heavy atom. The van der Waals surface area contributed by atoms with Crippen molar-refractivity contribution in [2.75, 3.05) is 11.8 Å². The molecule has 0 aliphatic carbocycles. The predicted molar refractivity (Wildman–Crippen MR) is 80.9 cm³/mol. The van der Waals surface area contributed by atoms with Crippen molar-refractivity contribution >= 4 is 15.7 Å². The highest BCUT2D eigenvalue weighted by Crippen LogP contribution is 2.25. The maximum atomic E-state index is 12.3. The molecule has 0 aromatic heterocycles. The van der Waals surface area contributed by atoms with Crippen molar-refractivity contribution in [1.29, 1.82) is 0 Å². The van der Waals surface area contributed by atoms with Crippen LogP contribution < -0.4 is 9.46 Å². The summed E-state index contributed by atoms with van der Waals surface area (Å²) in [6.07, 6.45) is -0.764. The number of hydrogen-bond acceptors (Lipinski definition) is 4. The Balaban J connectivity index is 2.33. The number of aliphatic hydroxyl groups excluding tert-OH is 1. The monoisotopic (exact) mass is 307 g/mol. The van der Waals surface area contributed by atoms with Crippen LogP contribution in [-0.2, 0) is 10.0 Å². The average molecular weight is 307 g/mol. The summed E-state index contributed by atoms with van der Waals surface area (Å²) in [6.45, 7) is 1.58. The van der Waals surface area contributed by atoms with Gasteiger partial charge in [-0.05, 0) is 37.3 Å². The van der Waals surface area contributed by atoms with Gasteiger partial charge in [-0.25, -0.2) is 8.42 Å². The van der Waals surface area contributed by atoms with Gasteiger partial charge in [-0.1, -0.05) is 18.2 Å². The van der Waals surface area contributed by atoms with Gasteiger partial charge in [0.25, 0.3) is 10.0 Å². The summed E-state index contributed by atoms with van der Waals surface area (Å²) in [5.74, 6) is 0.582. The maximum absolute atomic E-state index is 12.3. The van der Waals surface area contributed by atoms with Crippen LogP contribution in [0.2, 0.25) is 0 Å². The van der Waals surface area contributed by atoms with E-state index in [0.29, 0.717) is 17.0 Å². The second-order valence-corrected chi connectivity index (χ2v) is 6.23. The molecule has 2 rings (SSSR count). The molecule has 5 nitrogen and oxygen atoms in total. The predicted octanol–water partition coefficient (Wildman–Crippen LogP) is 2.55. The highest BCUT2D eigenvalue weighted by Gasteiger charge is 2.17. The Kier molecular flexibility index (Phi) is 4.50. The lowest BCUT2D eigenvalue weighted by Crippen LogP contribution is -2.14. The first kappa shape index (κ1) is 15.3. The summed E-state index contributed by atoms with van der Waals surface area (Å²) < 4.78 is 32.2. The molecule has 0 saturated heterocycles. The summed E-state index contributed by atoms with van der Waals surface area (Å²) in [7, 11) is -2.20. The molecular formula is C15H17NO4S. The van der Waals surface area contributed by atoms with Gasteiger partial charge >= 0.3 is 0 Å². The fourth-order valence-corrected chi connectivity index (χ4v) is 3.00. The third kappa shape index (κ3) is 3.53. The van der Waals surface area contributed by atoms with Crippen molar-refractivity contribution in [3.63, 3.8) is 0 Å². The van der Waals surface area contributed by atoms with E-state index in [1.165, 1.54) is 19.2 Å². The Morgan fingerprint density at radius 3 is 2.29 bits per heavy atom. The number of sulfonamides is 1. The van der Waals surface area contributed by atoms with Gasteiger partial charge in [0, 0.05) is 5.56 Å².